The summed E-state index contributed by atoms with van der Waals surface area (Å²) in [6.45, 7) is 0.536. The summed E-state index contributed by atoms with van der Waals surface area (Å²) in [5.41, 5.74) is 1.39. The molecule has 104 valence electrons. The second-order valence-electron chi connectivity index (χ2n) is 4.12. The topological polar surface area (TPSA) is 88.3 Å². The number of halogens is 1. The lowest BCUT2D eigenvalue weighted by Gasteiger charge is -2.08. The number of benzene rings is 1. The summed E-state index contributed by atoms with van der Waals surface area (Å²) in [5.74, 6) is 0.217. The predicted octanol–water partition coefficient (Wildman–Crippen LogP) is 3.11. The van der Waals surface area contributed by atoms with Crippen LogP contribution in [0.15, 0.2) is 41.1 Å². The SMILES string of the molecule is O=[N+]([O-])c1cncc(Br)c1NCCc1ccc(O)cc1. The van der Waals surface area contributed by atoms with Gasteiger partial charge in [0.15, 0.2) is 0 Å². The minimum atomic E-state index is -0.472. The lowest BCUT2D eigenvalue weighted by Crippen LogP contribution is -2.07. The number of phenols is 1. The number of nitro groups is 1. The number of nitrogens with one attached hydrogen (secondary N) is 1. The molecular weight excluding hydrogens is 326 g/mol. The van der Waals surface area contributed by atoms with Gasteiger partial charge in [0, 0.05) is 12.7 Å². The molecule has 0 saturated carbocycles. The van der Waals surface area contributed by atoms with Crippen LogP contribution in [0.5, 0.6) is 5.75 Å². The number of pyridine rings is 1. The van der Waals surface area contributed by atoms with Crippen LogP contribution in [0.25, 0.3) is 0 Å². The normalized spacial score (nSPS) is 10.2. The molecule has 0 saturated heterocycles. The zero-order chi connectivity index (χ0) is 14.5. The van der Waals surface area contributed by atoms with Crippen molar-refractivity contribution in [3.63, 3.8) is 0 Å². The van der Waals surface area contributed by atoms with E-state index in [-0.39, 0.29) is 11.4 Å². The Morgan fingerprint density at radius 3 is 2.65 bits per heavy atom. The van der Waals surface area contributed by atoms with Gasteiger partial charge in [-0.25, -0.2) is 0 Å². The van der Waals surface area contributed by atoms with Crippen molar-refractivity contribution in [1.82, 2.24) is 4.98 Å². The first-order valence-corrected chi connectivity index (χ1v) is 6.67. The summed E-state index contributed by atoms with van der Waals surface area (Å²) in [4.78, 5) is 14.2. The van der Waals surface area contributed by atoms with E-state index >= 15 is 0 Å². The molecular formula is C13H12BrN3O3. The molecule has 2 rings (SSSR count). The first kappa shape index (κ1) is 14.3. The van der Waals surface area contributed by atoms with Gasteiger partial charge in [0.05, 0.1) is 9.40 Å². The van der Waals surface area contributed by atoms with Crippen LogP contribution in [-0.4, -0.2) is 21.6 Å². The average Bonchev–Trinajstić information content (AvgIpc) is 2.42. The lowest BCUT2D eigenvalue weighted by molar-refractivity contribution is -0.384. The smallest absolute Gasteiger partial charge is 0.311 e. The molecule has 0 aliphatic carbocycles. The van der Waals surface area contributed by atoms with E-state index in [1.54, 1.807) is 12.1 Å². The van der Waals surface area contributed by atoms with Crippen molar-refractivity contribution >= 4 is 27.3 Å². The average molecular weight is 338 g/mol. The summed E-state index contributed by atoms with van der Waals surface area (Å²) in [5, 5.41) is 23.1. The molecule has 20 heavy (non-hydrogen) atoms. The Balaban J connectivity index is 2.04. The highest BCUT2D eigenvalue weighted by Crippen LogP contribution is 2.30. The summed E-state index contributed by atoms with van der Waals surface area (Å²) in [6, 6.07) is 6.85. The molecule has 0 bridgehead atoms. The monoisotopic (exact) mass is 337 g/mol. The van der Waals surface area contributed by atoms with Crippen LogP contribution in [0.1, 0.15) is 5.56 Å². The van der Waals surface area contributed by atoms with E-state index in [1.165, 1.54) is 12.4 Å². The van der Waals surface area contributed by atoms with Crippen LogP contribution < -0.4 is 5.32 Å². The maximum atomic E-state index is 10.9. The minimum absolute atomic E-state index is 0.0647. The van der Waals surface area contributed by atoms with Gasteiger partial charge in [0.2, 0.25) is 0 Å². The van der Waals surface area contributed by atoms with Gasteiger partial charge in [-0.3, -0.25) is 15.1 Å². The van der Waals surface area contributed by atoms with Crippen molar-refractivity contribution in [1.29, 1.82) is 0 Å². The number of hydrogen-bond donors (Lipinski definition) is 2. The Morgan fingerprint density at radius 2 is 2.00 bits per heavy atom. The van der Waals surface area contributed by atoms with Gasteiger partial charge in [-0.2, -0.15) is 0 Å². The maximum Gasteiger partial charge on any atom is 0.311 e. The van der Waals surface area contributed by atoms with Crippen LogP contribution in [-0.2, 0) is 6.42 Å². The molecule has 2 N–H and O–H groups in total. The molecule has 1 aromatic carbocycles. The lowest BCUT2D eigenvalue weighted by atomic mass is 10.1. The quantitative estimate of drug-likeness (QED) is 0.646. The molecule has 0 radical (unpaired) electrons. The third-order valence-corrected chi connectivity index (χ3v) is 3.33. The Hall–Kier alpha value is -2.15. The highest BCUT2D eigenvalue weighted by Gasteiger charge is 2.16. The molecule has 0 atom stereocenters. The van der Waals surface area contributed by atoms with Gasteiger partial charge in [-0.15, -0.1) is 0 Å². The molecule has 7 heteroatoms. The minimum Gasteiger partial charge on any atom is -0.508 e. The standard InChI is InChI=1S/C13H12BrN3O3/c14-11-7-15-8-12(17(19)20)13(11)16-6-5-9-1-3-10(18)4-2-9/h1-4,7-8,18H,5-6H2,(H,15,16). The van der Waals surface area contributed by atoms with Crippen LogP contribution in [0, 0.1) is 10.1 Å². The third-order valence-electron chi connectivity index (χ3n) is 2.73. The zero-order valence-corrected chi connectivity index (χ0v) is 12.0. The summed E-state index contributed by atoms with van der Waals surface area (Å²) in [6.07, 6.45) is 3.41. The van der Waals surface area contributed by atoms with E-state index in [9.17, 15) is 15.2 Å². The summed E-state index contributed by atoms with van der Waals surface area (Å²) >= 11 is 3.25. The molecule has 0 amide bonds. The third kappa shape index (κ3) is 3.45. The molecule has 0 spiro atoms. The number of hydrogen-bond acceptors (Lipinski definition) is 5. The number of rotatable bonds is 5. The van der Waals surface area contributed by atoms with Gasteiger partial charge in [-0.05, 0) is 40.0 Å². The molecule has 1 aromatic heterocycles. The Labute approximate surface area is 123 Å². The van der Waals surface area contributed by atoms with Crippen LogP contribution in [0.4, 0.5) is 11.4 Å². The van der Waals surface area contributed by atoms with Gasteiger partial charge in [0.1, 0.15) is 17.6 Å². The molecule has 0 fully saturated rings. The fraction of sp³-hybridized carbons (Fsp3) is 0.154. The number of nitrogens with zero attached hydrogens (tertiary/aromatic N) is 2. The first-order chi connectivity index (χ1) is 9.58. The molecule has 0 unspecified atom stereocenters. The van der Waals surface area contributed by atoms with E-state index in [4.69, 9.17) is 0 Å². The van der Waals surface area contributed by atoms with Crippen molar-refractivity contribution in [2.24, 2.45) is 0 Å². The Morgan fingerprint density at radius 1 is 1.30 bits per heavy atom. The van der Waals surface area contributed by atoms with E-state index in [1.807, 2.05) is 12.1 Å². The fourth-order valence-electron chi connectivity index (χ4n) is 1.73. The first-order valence-electron chi connectivity index (χ1n) is 5.87. The Kier molecular flexibility index (Phi) is 4.52. The van der Waals surface area contributed by atoms with Crippen molar-refractivity contribution < 1.29 is 10.0 Å². The highest BCUT2D eigenvalue weighted by molar-refractivity contribution is 9.10. The van der Waals surface area contributed by atoms with Crippen LogP contribution in [0.3, 0.4) is 0 Å². The highest BCUT2D eigenvalue weighted by atomic mass is 79.9. The largest absolute Gasteiger partial charge is 0.508 e. The van der Waals surface area contributed by atoms with Gasteiger partial charge < -0.3 is 10.4 Å². The molecule has 6 nitrogen and oxygen atoms in total. The van der Waals surface area contributed by atoms with Crippen LogP contribution >= 0.6 is 15.9 Å². The fourth-order valence-corrected chi connectivity index (χ4v) is 2.19. The maximum absolute atomic E-state index is 10.9. The Bertz CT molecular complexity index is 617. The van der Waals surface area contributed by atoms with Gasteiger partial charge >= 0.3 is 5.69 Å². The van der Waals surface area contributed by atoms with Crippen LogP contribution in [0.2, 0.25) is 0 Å². The second kappa shape index (κ2) is 6.33. The zero-order valence-electron chi connectivity index (χ0n) is 10.4. The van der Waals surface area contributed by atoms with Crippen molar-refractivity contribution in [3.05, 3.63) is 56.8 Å². The van der Waals surface area contributed by atoms with Crippen molar-refractivity contribution in [3.8, 4) is 5.75 Å². The number of aromatic nitrogens is 1. The van der Waals surface area contributed by atoms with Gasteiger partial charge in [0.25, 0.3) is 0 Å². The van der Waals surface area contributed by atoms with E-state index < -0.39 is 4.92 Å². The second-order valence-corrected chi connectivity index (χ2v) is 4.97. The van der Waals surface area contributed by atoms with E-state index in [0.717, 1.165) is 5.56 Å². The molecule has 0 aliphatic heterocycles. The van der Waals surface area contributed by atoms with E-state index in [2.05, 4.69) is 26.2 Å². The number of anilines is 1. The summed E-state index contributed by atoms with van der Waals surface area (Å²) in [7, 11) is 0. The van der Waals surface area contributed by atoms with E-state index in [0.29, 0.717) is 23.1 Å². The summed E-state index contributed by atoms with van der Waals surface area (Å²) < 4.78 is 0.553. The number of aromatic hydroxyl groups is 1. The van der Waals surface area contributed by atoms with Gasteiger partial charge in [-0.1, -0.05) is 12.1 Å². The molecule has 1 heterocycles. The van der Waals surface area contributed by atoms with Crippen molar-refractivity contribution in [2.75, 3.05) is 11.9 Å². The molecule has 0 aliphatic rings. The predicted molar refractivity (Wildman–Crippen MR) is 78.9 cm³/mol. The number of phenolic OH excluding ortho intramolecular Hbond substituents is 1. The van der Waals surface area contributed by atoms with Crippen molar-refractivity contribution in [2.45, 2.75) is 6.42 Å². The molecule has 2 aromatic rings.